The lowest BCUT2D eigenvalue weighted by molar-refractivity contribution is -0.116. The quantitative estimate of drug-likeness (QED) is 0.686. The minimum Gasteiger partial charge on any atom is -0.348 e. The Balaban J connectivity index is 1.68. The molecule has 2 nitrogen and oxygen atoms in total. The standard InChI is InChI=1S/C20H16ClNO/c21-19-11-4-2-7-16(19)12-13-20(23)22-14-17-9-5-8-15-6-1-3-10-18(15)17/h1-13H,14H2,(H,22,23)/b13-12+. The molecule has 0 aliphatic heterocycles. The molecular weight excluding hydrogens is 306 g/mol. The Labute approximate surface area is 140 Å². The molecule has 0 bridgehead atoms. The van der Waals surface area contributed by atoms with E-state index in [1.807, 2.05) is 42.5 Å². The van der Waals surface area contributed by atoms with E-state index >= 15 is 0 Å². The third kappa shape index (κ3) is 3.79. The van der Waals surface area contributed by atoms with Gasteiger partial charge in [-0.15, -0.1) is 0 Å². The summed E-state index contributed by atoms with van der Waals surface area (Å²) in [6.07, 6.45) is 3.23. The Bertz CT molecular complexity index is 865. The molecule has 0 saturated heterocycles. The van der Waals surface area contributed by atoms with Gasteiger partial charge in [0.25, 0.3) is 0 Å². The molecule has 0 radical (unpaired) electrons. The zero-order chi connectivity index (χ0) is 16.1. The van der Waals surface area contributed by atoms with Crippen LogP contribution >= 0.6 is 11.6 Å². The molecule has 0 fully saturated rings. The number of hydrogen-bond donors (Lipinski definition) is 1. The van der Waals surface area contributed by atoms with Gasteiger partial charge in [0.2, 0.25) is 5.91 Å². The van der Waals surface area contributed by atoms with Crippen molar-refractivity contribution in [1.82, 2.24) is 5.32 Å². The second-order valence-corrected chi connectivity index (χ2v) is 5.62. The number of fused-ring (bicyclic) bond motifs is 1. The predicted octanol–water partition coefficient (Wildman–Crippen LogP) is 4.82. The molecule has 0 atom stereocenters. The van der Waals surface area contributed by atoms with Crippen molar-refractivity contribution in [2.75, 3.05) is 0 Å². The van der Waals surface area contributed by atoms with E-state index < -0.39 is 0 Å². The summed E-state index contributed by atoms with van der Waals surface area (Å²) in [6.45, 7) is 0.493. The molecule has 3 heteroatoms. The zero-order valence-electron chi connectivity index (χ0n) is 12.5. The normalized spacial score (nSPS) is 11.0. The van der Waals surface area contributed by atoms with Crippen LogP contribution in [0.2, 0.25) is 5.02 Å². The molecule has 0 aromatic heterocycles. The summed E-state index contributed by atoms with van der Waals surface area (Å²) in [6, 6.07) is 21.7. The molecule has 114 valence electrons. The van der Waals surface area contributed by atoms with Crippen LogP contribution in [-0.4, -0.2) is 5.91 Å². The van der Waals surface area contributed by atoms with Gasteiger partial charge in [-0.05, 0) is 34.0 Å². The summed E-state index contributed by atoms with van der Waals surface area (Å²) < 4.78 is 0. The van der Waals surface area contributed by atoms with Crippen LogP contribution in [0.4, 0.5) is 0 Å². The van der Waals surface area contributed by atoms with Crippen LogP contribution in [0.25, 0.3) is 16.8 Å². The highest BCUT2D eigenvalue weighted by atomic mass is 35.5. The third-order valence-electron chi connectivity index (χ3n) is 3.65. The first-order valence-corrected chi connectivity index (χ1v) is 7.79. The van der Waals surface area contributed by atoms with Crippen LogP contribution in [0.3, 0.4) is 0 Å². The summed E-state index contributed by atoms with van der Waals surface area (Å²) in [5.41, 5.74) is 1.93. The van der Waals surface area contributed by atoms with E-state index in [0.29, 0.717) is 11.6 Å². The molecule has 0 spiro atoms. The highest BCUT2D eigenvalue weighted by molar-refractivity contribution is 6.32. The molecule has 1 amide bonds. The van der Waals surface area contributed by atoms with Gasteiger partial charge < -0.3 is 5.32 Å². The van der Waals surface area contributed by atoms with Crippen molar-refractivity contribution in [3.63, 3.8) is 0 Å². The first-order chi connectivity index (χ1) is 11.2. The number of carbonyl (C=O) groups excluding carboxylic acids is 1. The molecule has 0 aliphatic rings. The lowest BCUT2D eigenvalue weighted by Crippen LogP contribution is -2.20. The fraction of sp³-hybridized carbons (Fsp3) is 0.0500. The number of rotatable bonds is 4. The van der Waals surface area contributed by atoms with Crippen molar-refractivity contribution in [2.45, 2.75) is 6.54 Å². The summed E-state index contributed by atoms with van der Waals surface area (Å²) in [5, 5.41) is 5.87. The SMILES string of the molecule is O=C(/C=C/c1ccccc1Cl)NCc1cccc2ccccc12. The van der Waals surface area contributed by atoms with Crippen LogP contribution in [-0.2, 0) is 11.3 Å². The largest absolute Gasteiger partial charge is 0.348 e. The minimum atomic E-state index is -0.141. The molecule has 23 heavy (non-hydrogen) atoms. The maximum atomic E-state index is 12.0. The first-order valence-electron chi connectivity index (χ1n) is 7.41. The summed E-state index contributed by atoms with van der Waals surface area (Å²) >= 11 is 6.06. The second-order valence-electron chi connectivity index (χ2n) is 5.21. The topological polar surface area (TPSA) is 29.1 Å². The molecule has 0 unspecified atom stereocenters. The Morgan fingerprint density at radius 1 is 0.957 bits per heavy atom. The number of hydrogen-bond acceptors (Lipinski definition) is 1. The molecule has 1 N–H and O–H groups in total. The van der Waals surface area contributed by atoms with Crippen molar-refractivity contribution >= 4 is 34.4 Å². The van der Waals surface area contributed by atoms with Crippen molar-refractivity contribution < 1.29 is 4.79 Å². The Morgan fingerprint density at radius 2 is 1.70 bits per heavy atom. The number of carbonyl (C=O) groups is 1. The fourth-order valence-corrected chi connectivity index (χ4v) is 2.66. The van der Waals surface area contributed by atoms with Crippen LogP contribution in [0, 0.1) is 0 Å². The third-order valence-corrected chi connectivity index (χ3v) is 4.00. The molecule has 0 saturated carbocycles. The van der Waals surface area contributed by atoms with E-state index in [0.717, 1.165) is 16.5 Å². The van der Waals surface area contributed by atoms with Gasteiger partial charge in [0.05, 0.1) is 0 Å². The van der Waals surface area contributed by atoms with Crippen LogP contribution in [0.15, 0.2) is 72.8 Å². The molecular formula is C20H16ClNO. The van der Waals surface area contributed by atoms with Gasteiger partial charge in [0.15, 0.2) is 0 Å². The maximum absolute atomic E-state index is 12.0. The maximum Gasteiger partial charge on any atom is 0.244 e. The van der Waals surface area contributed by atoms with E-state index in [2.05, 4.69) is 23.5 Å². The second kappa shape index (κ2) is 7.12. The van der Waals surface area contributed by atoms with Crippen molar-refractivity contribution in [3.05, 3.63) is 89.0 Å². The van der Waals surface area contributed by atoms with Gasteiger partial charge in [-0.2, -0.15) is 0 Å². The van der Waals surface area contributed by atoms with Crippen molar-refractivity contribution in [1.29, 1.82) is 0 Å². The molecule has 0 heterocycles. The number of benzene rings is 3. The molecule has 3 aromatic rings. The molecule has 3 aromatic carbocycles. The molecule has 3 rings (SSSR count). The van der Waals surface area contributed by atoms with Gasteiger partial charge in [-0.3, -0.25) is 4.79 Å². The first kappa shape index (κ1) is 15.3. The van der Waals surface area contributed by atoms with E-state index in [9.17, 15) is 4.79 Å². The number of amides is 1. The minimum absolute atomic E-state index is 0.141. The van der Waals surface area contributed by atoms with Crippen LogP contribution < -0.4 is 5.32 Å². The Kier molecular flexibility index (Phi) is 4.74. The van der Waals surface area contributed by atoms with Crippen molar-refractivity contribution in [3.8, 4) is 0 Å². The van der Waals surface area contributed by atoms with Gasteiger partial charge in [-0.1, -0.05) is 72.3 Å². The Morgan fingerprint density at radius 3 is 2.57 bits per heavy atom. The van der Waals surface area contributed by atoms with E-state index in [4.69, 9.17) is 11.6 Å². The lowest BCUT2D eigenvalue weighted by atomic mass is 10.0. The van der Waals surface area contributed by atoms with Gasteiger partial charge >= 0.3 is 0 Å². The number of nitrogens with one attached hydrogen (secondary N) is 1. The van der Waals surface area contributed by atoms with Gasteiger partial charge in [-0.25, -0.2) is 0 Å². The average molecular weight is 322 g/mol. The fourth-order valence-electron chi connectivity index (χ4n) is 2.46. The number of halogens is 1. The van der Waals surface area contributed by atoms with E-state index in [-0.39, 0.29) is 5.91 Å². The Hall–Kier alpha value is -2.58. The van der Waals surface area contributed by atoms with Crippen LogP contribution in [0.5, 0.6) is 0 Å². The summed E-state index contributed by atoms with van der Waals surface area (Å²) in [4.78, 5) is 12.0. The van der Waals surface area contributed by atoms with E-state index in [1.54, 1.807) is 12.1 Å². The average Bonchev–Trinajstić information content (AvgIpc) is 2.59. The lowest BCUT2D eigenvalue weighted by Gasteiger charge is -2.07. The summed E-state index contributed by atoms with van der Waals surface area (Å²) in [5.74, 6) is -0.141. The van der Waals surface area contributed by atoms with Crippen molar-refractivity contribution in [2.24, 2.45) is 0 Å². The summed E-state index contributed by atoms with van der Waals surface area (Å²) in [7, 11) is 0. The van der Waals surface area contributed by atoms with Crippen LogP contribution in [0.1, 0.15) is 11.1 Å². The monoisotopic (exact) mass is 321 g/mol. The zero-order valence-corrected chi connectivity index (χ0v) is 13.3. The van der Waals surface area contributed by atoms with E-state index in [1.165, 1.54) is 11.5 Å². The van der Waals surface area contributed by atoms with Gasteiger partial charge in [0, 0.05) is 17.6 Å². The molecule has 0 aliphatic carbocycles. The highest BCUT2D eigenvalue weighted by Crippen LogP contribution is 2.18. The smallest absolute Gasteiger partial charge is 0.244 e. The van der Waals surface area contributed by atoms with Gasteiger partial charge in [0.1, 0.15) is 0 Å². The highest BCUT2D eigenvalue weighted by Gasteiger charge is 2.02. The predicted molar refractivity (Wildman–Crippen MR) is 96.3 cm³/mol.